The first kappa shape index (κ1) is 16.7. The first-order valence-corrected chi connectivity index (χ1v) is 8.78. The van der Waals surface area contributed by atoms with Crippen LogP contribution >= 0.6 is 0 Å². The predicted octanol–water partition coefficient (Wildman–Crippen LogP) is 1.42. The van der Waals surface area contributed by atoms with Crippen LogP contribution < -0.4 is 10.1 Å². The first-order valence-electron chi connectivity index (χ1n) is 8.78. The molecule has 1 N–H and O–H groups in total. The Balaban J connectivity index is 1.37. The van der Waals surface area contributed by atoms with Crippen LogP contribution in [-0.2, 0) is 17.8 Å². The van der Waals surface area contributed by atoms with Crippen molar-refractivity contribution in [3.05, 3.63) is 54.6 Å². The molecule has 0 aliphatic carbocycles. The molecule has 0 spiro atoms. The summed E-state index contributed by atoms with van der Waals surface area (Å²) in [5, 5.41) is 15.9. The number of aromatic nitrogens is 5. The third-order valence-electron chi connectivity index (χ3n) is 4.44. The van der Waals surface area contributed by atoms with Crippen molar-refractivity contribution in [1.29, 1.82) is 0 Å². The number of aryl methyl sites for hydroxylation is 1. The molecule has 0 radical (unpaired) electrons. The van der Waals surface area contributed by atoms with Crippen LogP contribution in [0.2, 0.25) is 0 Å². The van der Waals surface area contributed by atoms with Gasteiger partial charge in [-0.2, -0.15) is 5.10 Å². The molecule has 1 aliphatic heterocycles. The lowest BCUT2D eigenvalue weighted by Gasteiger charge is -2.19. The molecule has 3 heterocycles. The van der Waals surface area contributed by atoms with E-state index < -0.39 is 0 Å². The van der Waals surface area contributed by atoms with Crippen LogP contribution in [0.5, 0.6) is 5.75 Å². The highest BCUT2D eigenvalue weighted by atomic mass is 16.5. The van der Waals surface area contributed by atoms with Crippen molar-refractivity contribution in [2.45, 2.75) is 32.2 Å². The minimum absolute atomic E-state index is 0.0608. The zero-order valence-electron chi connectivity index (χ0n) is 14.7. The topological polar surface area (TPSA) is 79.0 Å². The number of hydrogen-bond donors (Lipinski definition) is 1. The summed E-state index contributed by atoms with van der Waals surface area (Å²) in [5.41, 5.74) is 2.05. The van der Waals surface area contributed by atoms with E-state index in [0.717, 1.165) is 23.7 Å². The summed E-state index contributed by atoms with van der Waals surface area (Å²) >= 11 is 0. The van der Waals surface area contributed by atoms with Crippen LogP contribution in [0.15, 0.2) is 48.9 Å². The smallest absolute Gasteiger partial charge is 0.158 e. The van der Waals surface area contributed by atoms with E-state index in [1.165, 1.54) is 0 Å². The summed E-state index contributed by atoms with van der Waals surface area (Å²) in [6.07, 6.45) is 5.35. The molecule has 0 amide bonds. The summed E-state index contributed by atoms with van der Waals surface area (Å²) in [6, 6.07) is 10.1. The van der Waals surface area contributed by atoms with E-state index in [9.17, 15) is 0 Å². The van der Waals surface area contributed by atoms with Gasteiger partial charge in [0.2, 0.25) is 0 Å². The quantitative estimate of drug-likeness (QED) is 0.691. The fourth-order valence-electron chi connectivity index (χ4n) is 3.02. The number of benzene rings is 1. The standard InChI is InChI=1S/C18H22N6O2/c1-2-23-15(9-20-22-23)8-19-17-12-25-13-18(17)26-16-10-21-24(11-16)14-6-4-3-5-7-14/h3-7,9-11,17-19H,2,8,12-13H2,1H3/t17-,18+/m0/s1. The normalized spacial score (nSPS) is 19.7. The van der Waals surface area contributed by atoms with E-state index in [1.807, 2.05) is 48.1 Å². The van der Waals surface area contributed by atoms with Crippen molar-refractivity contribution in [2.24, 2.45) is 0 Å². The third-order valence-corrected chi connectivity index (χ3v) is 4.44. The van der Waals surface area contributed by atoms with E-state index in [2.05, 4.69) is 20.7 Å². The highest BCUT2D eigenvalue weighted by Crippen LogP contribution is 2.19. The maximum atomic E-state index is 6.11. The Bertz CT molecular complexity index is 831. The zero-order valence-corrected chi connectivity index (χ0v) is 14.7. The molecule has 0 unspecified atom stereocenters. The van der Waals surface area contributed by atoms with Crippen molar-refractivity contribution in [2.75, 3.05) is 13.2 Å². The second-order valence-electron chi connectivity index (χ2n) is 6.18. The van der Waals surface area contributed by atoms with Crippen molar-refractivity contribution in [3.8, 4) is 11.4 Å². The average molecular weight is 354 g/mol. The molecule has 26 heavy (non-hydrogen) atoms. The number of hydrogen-bond acceptors (Lipinski definition) is 6. The summed E-state index contributed by atoms with van der Waals surface area (Å²) in [4.78, 5) is 0. The van der Waals surface area contributed by atoms with E-state index in [-0.39, 0.29) is 12.1 Å². The Kier molecular flexibility index (Phi) is 4.94. The fraction of sp³-hybridized carbons (Fsp3) is 0.389. The molecule has 1 fully saturated rings. The van der Waals surface area contributed by atoms with Crippen LogP contribution in [0.25, 0.3) is 5.69 Å². The fourth-order valence-corrected chi connectivity index (χ4v) is 3.02. The number of para-hydroxylation sites is 1. The van der Waals surface area contributed by atoms with Crippen molar-refractivity contribution in [3.63, 3.8) is 0 Å². The summed E-state index contributed by atoms with van der Waals surface area (Å²) in [6.45, 7) is 4.70. The maximum absolute atomic E-state index is 6.11. The number of nitrogens with zero attached hydrogens (tertiary/aromatic N) is 5. The Morgan fingerprint density at radius 3 is 2.96 bits per heavy atom. The van der Waals surface area contributed by atoms with Gasteiger partial charge < -0.3 is 14.8 Å². The van der Waals surface area contributed by atoms with E-state index >= 15 is 0 Å². The Labute approximate surface area is 151 Å². The van der Waals surface area contributed by atoms with Gasteiger partial charge in [0.1, 0.15) is 6.10 Å². The Morgan fingerprint density at radius 1 is 1.23 bits per heavy atom. The van der Waals surface area contributed by atoms with Crippen LogP contribution in [0, 0.1) is 0 Å². The number of nitrogens with one attached hydrogen (secondary N) is 1. The molecule has 8 heteroatoms. The molecular weight excluding hydrogens is 332 g/mol. The first-order chi connectivity index (χ1) is 12.8. The van der Waals surface area contributed by atoms with E-state index in [1.54, 1.807) is 17.1 Å². The van der Waals surface area contributed by atoms with Crippen LogP contribution in [0.3, 0.4) is 0 Å². The number of ether oxygens (including phenoxy) is 2. The Hall–Kier alpha value is -2.71. The van der Waals surface area contributed by atoms with Crippen LogP contribution in [0.1, 0.15) is 12.6 Å². The van der Waals surface area contributed by atoms with Gasteiger partial charge in [0.25, 0.3) is 0 Å². The van der Waals surface area contributed by atoms with Crippen LogP contribution in [-0.4, -0.2) is 50.1 Å². The van der Waals surface area contributed by atoms with Gasteiger partial charge in [-0.1, -0.05) is 23.4 Å². The zero-order chi connectivity index (χ0) is 17.8. The lowest BCUT2D eigenvalue weighted by Crippen LogP contribution is -2.42. The highest BCUT2D eigenvalue weighted by Gasteiger charge is 2.30. The van der Waals surface area contributed by atoms with Crippen molar-refractivity contribution in [1.82, 2.24) is 30.1 Å². The van der Waals surface area contributed by atoms with Gasteiger partial charge in [0, 0.05) is 13.1 Å². The van der Waals surface area contributed by atoms with Gasteiger partial charge in [0.05, 0.1) is 49.2 Å². The molecule has 0 saturated carbocycles. The van der Waals surface area contributed by atoms with Gasteiger partial charge in [-0.25, -0.2) is 9.36 Å². The molecule has 2 atom stereocenters. The molecular formula is C18H22N6O2. The lowest BCUT2D eigenvalue weighted by atomic mass is 10.2. The second kappa shape index (κ2) is 7.67. The second-order valence-corrected chi connectivity index (χ2v) is 6.18. The highest BCUT2D eigenvalue weighted by molar-refractivity contribution is 5.32. The number of rotatable bonds is 7. The molecule has 3 aromatic rings. The van der Waals surface area contributed by atoms with Gasteiger partial charge in [-0.05, 0) is 19.1 Å². The van der Waals surface area contributed by atoms with Gasteiger partial charge in [-0.3, -0.25) is 0 Å². The molecule has 1 saturated heterocycles. The molecule has 2 aromatic heterocycles. The third kappa shape index (κ3) is 3.61. The molecule has 136 valence electrons. The molecule has 4 rings (SSSR count). The van der Waals surface area contributed by atoms with Gasteiger partial charge >= 0.3 is 0 Å². The Morgan fingerprint density at radius 2 is 2.12 bits per heavy atom. The molecule has 1 aliphatic rings. The minimum atomic E-state index is -0.0608. The van der Waals surface area contributed by atoms with Gasteiger partial charge in [0.15, 0.2) is 5.75 Å². The van der Waals surface area contributed by atoms with E-state index in [0.29, 0.717) is 19.8 Å². The van der Waals surface area contributed by atoms with Crippen molar-refractivity contribution >= 4 is 0 Å². The SMILES string of the molecule is CCn1nncc1CN[C@H]1COC[C@H]1Oc1cnn(-c2ccccc2)c1. The predicted molar refractivity (Wildman–Crippen MR) is 95.1 cm³/mol. The largest absolute Gasteiger partial charge is 0.483 e. The summed E-state index contributed by atoms with van der Waals surface area (Å²) in [5.74, 6) is 0.733. The summed E-state index contributed by atoms with van der Waals surface area (Å²) in [7, 11) is 0. The average Bonchev–Trinajstić information content (AvgIpc) is 3.42. The van der Waals surface area contributed by atoms with Gasteiger partial charge in [-0.15, -0.1) is 5.10 Å². The van der Waals surface area contributed by atoms with Crippen molar-refractivity contribution < 1.29 is 9.47 Å². The molecule has 8 nitrogen and oxygen atoms in total. The lowest BCUT2D eigenvalue weighted by molar-refractivity contribution is 0.139. The molecule has 0 bridgehead atoms. The van der Waals surface area contributed by atoms with E-state index in [4.69, 9.17) is 9.47 Å². The molecule has 1 aromatic carbocycles. The van der Waals surface area contributed by atoms with Crippen LogP contribution in [0.4, 0.5) is 0 Å². The minimum Gasteiger partial charge on any atom is -0.483 e. The monoisotopic (exact) mass is 354 g/mol. The maximum Gasteiger partial charge on any atom is 0.158 e. The summed E-state index contributed by atoms with van der Waals surface area (Å²) < 4.78 is 15.4.